The Bertz CT molecular complexity index is 1310. The second-order valence-electron chi connectivity index (χ2n) is 11.0. The standard InChI is InChI=1S/C29H39N5O4S/c1-20(35)33(7)26-19-24-27(39-26)25(34-14-12-31(5)13-15-34)18-23(30-24)21-8-10-22(11-9-21)37-17-16-32(6)28(36)38-29(2,3)4/h8-11,18-19H,12-17H2,1-7H3. The van der Waals surface area contributed by atoms with Crippen molar-refractivity contribution in [2.24, 2.45) is 0 Å². The van der Waals surface area contributed by atoms with Gasteiger partial charge in [0.25, 0.3) is 0 Å². The van der Waals surface area contributed by atoms with Crippen LogP contribution in [0.1, 0.15) is 27.7 Å². The number of ether oxygens (including phenoxy) is 2. The third kappa shape index (κ3) is 7.19. The number of anilines is 2. The highest BCUT2D eigenvalue weighted by atomic mass is 32.1. The number of thiophene rings is 1. The number of aromatic nitrogens is 1. The molecule has 0 unspecified atom stereocenters. The number of rotatable bonds is 7. The second kappa shape index (κ2) is 11.8. The largest absolute Gasteiger partial charge is 0.492 e. The zero-order chi connectivity index (χ0) is 28.3. The maximum absolute atomic E-state index is 12.1. The number of benzene rings is 1. The number of piperazine rings is 1. The molecule has 0 N–H and O–H groups in total. The number of carbonyl (C=O) groups is 2. The minimum Gasteiger partial charge on any atom is -0.492 e. The second-order valence-corrected chi connectivity index (χ2v) is 12.0. The molecule has 39 heavy (non-hydrogen) atoms. The van der Waals surface area contributed by atoms with Gasteiger partial charge < -0.3 is 29.1 Å². The summed E-state index contributed by atoms with van der Waals surface area (Å²) >= 11 is 1.61. The third-order valence-electron chi connectivity index (χ3n) is 6.64. The molecule has 3 aromatic rings. The lowest BCUT2D eigenvalue weighted by molar-refractivity contribution is -0.116. The van der Waals surface area contributed by atoms with Crippen LogP contribution in [0.4, 0.5) is 15.5 Å². The number of fused-ring (bicyclic) bond motifs is 1. The Morgan fingerprint density at radius 1 is 1.05 bits per heavy atom. The Kier molecular flexibility index (Phi) is 8.66. The van der Waals surface area contributed by atoms with Gasteiger partial charge in [0.2, 0.25) is 5.91 Å². The summed E-state index contributed by atoms with van der Waals surface area (Å²) in [5.41, 5.74) is 3.37. The lowest BCUT2D eigenvalue weighted by Gasteiger charge is -2.34. The molecule has 0 radical (unpaired) electrons. The number of carbonyl (C=O) groups excluding carboxylic acids is 2. The monoisotopic (exact) mass is 553 g/mol. The first-order valence-corrected chi connectivity index (χ1v) is 14.0. The molecule has 0 spiro atoms. The molecule has 1 aromatic carbocycles. The minimum atomic E-state index is -0.531. The molecule has 1 saturated heterocycles. The number of amides is 2. The van der Waals surface area contributed by atoms with Gasteiger partial charge in [-0.05, 0) is 64.2 Å². The van der Waals surface area contributed by atoms with Gasteiger partial charge in [0.05, 0.1) is 28.1 Å². The van der Waals surface area contributed by atoms with Gasteiger partial charge in [-0.1, -0.05) is 0 Å². The molecule has 1 aliphatic heterocycles. The SMILES string of the molecule is CC(=O)N(C)c1cc2nc(-c3ccc(OCCN(C)C(=O)OC(C)(C)C)cc3)cc(N3CCN(C)CC3)c2s1. The van der Waals surface area contributed by atoms with Crippen LogP contribution < -0.4 is 14.5 Å². The van der Waals surface area contributed by atoms with Crippen molar-refractivity contribution < 1.29 is 19.1 Å². The van der Waals surface area contributed by atoms with E-state index in [1.54, 1.807) is 37.3 Å². The first kappa shape index (κ1) is 28.6. The predicted molar refractivity (Wildman–Crippen MR) is 158 cm³/mol. The van der Waals surface area contributed by atoms with E-state index in [1.165, 1.54) is 4.90 Å². The van der Waals surface area contributed by atoms with Gasteiger partial charge >= 0.3 is 6.09 Å². The molecule has 210 valence electrons. The Labute approximate surface area is 234 Å². The van der Waals surface area contributed by atoms with E-state index in [9.17, 15) is 9.59 Å². The average molecular weight is 554 g/mol. The highest BCUT2D eigenvalue weighted by molar-refractivity contribution is 7.23. The topological polar surface area (TPSA) is 78.5 Å². The van der Waals surface area contributed by atoms with Crippen LogP contribution >= 0.6 is 11.3 Å². The van der Waals surface area contributed by atoms with Gasteiger partial charge in [0.15, 0.2) is 0 Å². The van der Waals surface area contributed by atoms with E-state index < -0.39 is 5.60 Å². The molecule has 1 aliphatic rings. The van der Waals surface area contributed by atoms with Crippen molar-refractivity contribution in [1.29, 1.82) is 0 Å². The molecule has 2 aromatic heterocycles. The van der Waals surface area contributed by atoms with Crippen molar-refractivity contribution in [3.63, 3.8) is 0 Å². The number of hydrogen-bond acceptors (Lipinski definition) is 8. The van der Waals surface area contributed by atoms with Crippen LogP contribution in [0, 0.1) is 0 Å². The van der Waals surface area contributed by atoms with Gasteiger partial charge in [-0.3, -0.25) is 4.79 Å². The van der Waals surface area contributed by atoms with Crippen LogP contribution in [-0.4, -0.2) is 92.9 Å². The smallest absolute Gasteiger partial charge is 0.410 e. The van der Waals surface area contributed by atoms with E-state index in [-0.39, 0.29) is 12.0 Å². The molecule has 0 bridgehead atoms. The van der Waals surface area contributed by atoms with E-state index in [1.807, 2.05) is 51.1 Å². The maximum Gasteiger partial charge on any atom is 0.410 e. The number of nitrogens with zero attached hydrogens (tertiary/aromatic N) is 5. The molecular formula is C29H39N5O4S. The molecule has 0 atom stereocenters. The quantitative estimate of drug-likeness (QED) is 0.410. The first-order chi connectivity index (χ1) is 18.4. The third-order valence-corrected chi connectivity index (χ3v) is 7.87. The minimum absolute atomic E-state index is 0.00389. The molecule has 1 fully saturated rings. The Balaban J connectivity index is 1.52. The van der Waals surface area contributed by atoms with E-state index in [0.717, 1.165) is 64.1 Å². The molecule has 0 saturated carbocycles. The Morgan fingerprint density at radius 3 is 2.33 bits per heavy atom. The normalized spacial score (nSPS) is 14.4. The number of hydrogen-bond donors (Lipinski definition) is 0. The van der Waals surface area contributed by atoms with E-state index in [0.29, 0.717) is 13.2 Å². The molecule has 9 nitrogen and oxygen atoms in total. The van der Waals surface area contributed by atoms with Gasteiger partial charge in [0.1, 0.15) is 23.0 Å². The van der Waals surface area contributed by atoms with Gasteiger partial charge in [-0.25, -0.2) is 9.78 Å². The highest BCUT2D eigenvalue weighted by Crippen LogP contribution is 2.40. The number of pyridine rings is 1. The van der Waals surface area contributed by atoms with E-state index >= 15 is 0 Å². The van der Waals surface area contributed by atoms with Crippen molar-refractivity contribution in [3.05, 3.63) is 36.4 Å². The lowest BCUT2D eigenvalue weighted by atomic mass is 10.1. The van der Waals surface area contributed by atoms with Crippen molar-refractivity contribution in [2.45, 2.75) is 33.3 Å². The van der Waals surface area contributed by atoms with Crippen molar-refractivity contribution in [2.75, 3.05) is 70.3 Å². The summed E-state index contributed by atoms with van der Waals surface area (Å²) in [5, 5.41) is 0.887. The Morgan fingerprint density at radius 2 is 1.72 bits per heavy atom. The summed E-state index contributed by atoms with van der Waals surface area (Å²) in [4.78, 5) is 37.1. The van der Waals surface area contributed by atoms with Gasteiger partial charge in [-0.15, -0.1) is 11.3 Å². The maximum atomic E-state index is 12.1. The first-order valence-electron chi connectivity index (χ1n) is 13.2. The summed E-state index contributed by atoms with van der Waals surface area (Å²) in [7, 11) is 5.65. The van der Waals surface area contributed by atoms with Gasteiger partial charge in [-0.2, -0.15) is 0 Å². The molecular weight excluding hydrogens is 514 g/mol. The lowest BCUT2D eigenvalue weighted by Crippen LogP contribution is -2.44. The van der Waals surface area contributed by atoms with E-state index in [2.05, 4.69) is 22.9 Å². The van der Waals surface area contributed by atoms with Crippen molar-refractivity contribution in [1.82, 2.24) is 14.8 Å². The summed E-state index contributed by atoms with van der Waals surface area (Å²) in [6.45, 7) is 11.8. The molecule has 2 amide bonds. The fourth-order valence-corrected chi connectivity index (χ4v) is 5.34. The summed E-state index contributed by atoms with van der Waals surface area (Å²) < 4.78 is 12.4. The number of likely N-dealkylation sites (N-methyl/N-ethyl adjacent to an activating group) is 2. The highest BCUT2D eigenvalue weighted by Gasteiger charge is 2.22. The predicted octanol–water partition coefficient (Wildman–Crippen LogP) is 4.94. The summed E-state index contributed by atoms with van der Waals surface area (Å²) in [6, 6.07) is 12.0. The molecule has 10 heteroatoms. The van der Waals surface area contributed by atoms with Crippen molar-refractivity contribution >= 4 is 44.2 Å². The average Bonchev–Trinajstić information content (AvgIpc) is 3.31. The van der Waals surface area contributed by atoms with Crippen LogP contribution in [0.25, 0.3) is 21.5 Å². The summed E-state index contributed by atoms with van der Waals surface area (Å²) in [5.74, 6) is 0.716. The Hall–Kier alpha value is -3.37. The molecule has 0 aliphatic carbocycles. The van der Waals surface area contributed by atoms with Crippen LogP contribution in [0.5, 0.6) is 5.75 Å². The molecule has 4 rings (SSSR count). The zero-order valence-electron chi connectivity index (χ0n) is 24.0. The van der Waals surface area contributed by atoms with Crippen LogP contribution in [0.15, 0.2) is 36.4 Å². The van der Waals surface area contributed by atoms with Crippen LogP contribution in [0.2, 0.25) is 0 Å². The van der Waals surface area contributed by atoms with E-state index in [4.69, 9.17) is 14.5 Å². The fourth-order valence-electron chi connectivity index (χ4n) is 4.20. The zero-order valence-corrected chi connectivity index (χ0v) is 24.8. The van der Waals surface area contributed by atoms with Gasteiger partial charge in [0, 0.05) is 52.8 Å². The van der Waals surface area contributed by atoms with Crippen molar-refractivity contribution in [3.8, 4) is 17.0 Å². The van der Waals surface area contributed by atoms with Crippen LogP contribution in [0.3, 0.4) is 0 Å². The van der Waals surface area contributed by atoms with Crippen LogP contribution in [-0.2, 0) is 9.53 Å². The summed E-state index contributed by atoms with van der Waals surface area (Å²) in [6.07, 6.45) is -0.370. The molecule has 3 heterocycles. The fraction of sp³-hybridized carbons (Fsp3) is 0.483.